The number of ether oxygens (including phenoxy) is 1. The summed E-state index contributed by atoms with van der Waals surface area (Å²) in [5, 5.41) is 12.0. The average Bonchev–Trinajstić information content (AvgIpc) is 2.78. The molecular weight excluding hydrogens is 252 g/mol. The molecule has 2 atom stereocenters. The molecule has 1 aliphatic rings. The molecule has 1 heterocycles. The van der Waals surface area contributed by atoms with Gasteiger partial charge >= 0.3 is 0 Å². The van der Waals surface area contributed by atoms with E-state index in [2.05, 4.69) is 5.32 Å². The van der Waals surface area contributed by atoms with Gasteiger partial charge in [0, 0.05) is 6.61 Å². The van der Waals surface area contributed by atoms with Crippen molar-refractivity contribution in [1.29, 1.82) is 5.26 Å². The Morgan fingerprint density at radius 3 is 3.00 bits per heavy atom. The number of rotatable bonds is 2. The molecule has 0 spiro atoms. The van der Waals surface area contributed by atoms with Crippen LogP contribution in [-0.2, 0) is 9.53 Å². The third-order valence-corrected chi connectivity index (χ3v) is 3.40. The van der Waals surface area contributed by atoms with Gasteiger partial charge in [-0.15, -0.1) is 0 Å². The molecule has 1 saturated heterocycles. The van der Waals surface area contributed by atoms with E-state index in [1.807, 2.05) is 13.0 Å². The number of hydrogen-bond acceptors (Lipinski definition) is 3. The summed E-state index contributed by atoms with van der Waals surface area (Å²) < 4.78 is 5.35. The highest BCUT2D eigenvalue weighted by Crippen LogP contribution is 2.26. The highest BCUT2D eigenvalue weighted by molar-refractivity contribution is 6.33. The van der Waals surface area contributed by atoms with E-state index in [0.29, 0.717) is 29.3 Å². The quantitative estimate of drug-likeness (QED) is 0.893. The molecule has 18 heavy (non-hydrogen) atoms. The van der Waals surface area contributed by atoms with Crippen molar-refractivity contribution < 1.29 is 9.53 Å². The largest absolute Gasteiger partial charge is 0.378 e. The number of nitriles is 1. The predicted molar refractivity (Wildman–Crippen MR) is 68.3 cm³/mol. The molecule has 1 N–H and O–H groups in total. The fourth-order valence-corrected chi connectivity index (χ4v) is 2.16. The lowest BCUT2D eigenvalue weighted by Gasteiger charge is -2.14. The van der Waals surface area contributed by atoms with Gasteiger partial charge in [-0.1, -0.05) is 11.6 Å². The summed E-state index contributed by atoms with van der Waals surface area (Å²) in [7, 11) is 0. The van der Waals surface area contributed by atoms with Crippen LogP contribution in [0.4, 0.5) is 5.69 Å². The van der Waals surface area contributed by atoms with E-state index < -0.39 is 0 Å². The first kappa shape index (κ1) is 12.9. The summed E-state index contributed by atoms with van der Waals surface area (Å²) in [5.74, 6) is -0.274. The summed E-state index contributed by atoms with van der Waals surface area (Å²) in [4.78, 5) is 12.0. The van der Waals surface area contributed by atoms with Gasteiger partial charge in [-0.3, -0.25) is 4.79 Å². The van der Waals surface area contributed by atoms with Crippen LogP contribution in [0.15, 0.2) is 18.2 Å². The Bertz CT molecular complexity index is 510. The maximum Gasteiger partial charge on any atom is 0.230 e. The first-order chi connectivity index (χ1) is 8.61. The first-order valence-corrected chi connectivity index (χ1v) is 6.11. The normalized spacial score (nSPS) is 22.5. The number of nitrogens with one attached hydrogen (secondary N) is 1. The second-order valence-electron chi connectivity index (χ2n) is 4.27. The van der Waals surface area contributed by atoms with Crippen LogP contribution in [0.3, 0.4) is 0 Å². The van der Waals surface area contributed by atoms with Gasteiger partial charge < -0.3 is 10.1 Å². The van der Waals surface area contributed by atoms with Gasteiger partial charge in [-0.2, -0.15) is 5.26 Å². The van der Waals surface area contributed by atoms with Crippen molar-refractivity contribution >= 4 is 23.2 Å². The number of halogens is 1. The molecule has 1 amide bonds. The summed E-state index contributed by atoms with van der Waals surface area (Å²) in [6.45, 7) is 2.48. The number of hydrogen-bond donors (Lipinski definition) is 1. The summed E-state index contributed by atoms with van der Waals surface area (Å²) in [5.41, 5.74) is 0.935. The van der Waals surface area contributed by atoms with Gasteiger partial charge in [-0.05, 0) is 31.5 Å². The molecule has 1 aromatic carbocycles. The van der Waals surface area contributed by atoms with Gasteiger partial charge in [-0.25, -0.2) is 0 Å². The number of carbonyl (C=O) groups is 1. The molecule has 0 radical (unpaired) electrons. The average molecular weight is 265 g/mol. The fourth-order valence-electron chi connectivity index (χ4n) is 1.99. The summed E-state index contributed by atoms with van der Waals surface area (Å²) in [6, 6.07) is 6.79. The topological polar surface area (TPSA) is 62.1 Å². The van der Waals surface area contributed by atoms with Crippen molar-refractivity contribution in [2.75, 3.05) is 11.9 Å². The fraction of sp³-hybridized carbons (Fsp3) is 0.385. The van der Waals surface area contributed by atoms with Gasteiger partial charge in [0.05, 0.1) is 34.4 Å². The van der Waals surface area contributed by atoms with Crippen LogP contribution in [0.5, 0.6) is 0 Å². The number of amides is 1. The first-order valence-electron chi connectivity index (χ1n) is 5.74. The standard InChI is InChI=1S/C13H13ClN2O2/c1-8-10(4-5-18-8)13(17)16-12-6-9(7-15)2-3-11(12)14/h2-3,6,8,10H,4-5H2,1H3,(H,16,17). The zero-order valence-electron chi connectivity index (χ0n) is 9.94. The molecular formula is C13H13ClN2O2. The van der Waals surface area contributed by atoms with Crippen molar-refractivity contribution in [2.24, 2.45) is 5.92 Å². The van der Waals surface area contributed by atoms with Gasteiger partial charge in [0.25, 0.3) is 0 Å². The van der Waals surface area contributed by atoms with Gasteiger partial charge in [0.2, 0.25) is 5.91 Å². The van der Waals surface area contributed by atoms with E-state index in [4.69, 9.17) is 21.6 Å². The van der Waals surface area contributed by atoms with E-state index in [1.165, 1.54) is 0 Å². The predicted octanol–water partition coefficient (Wildman–Crippen LogP) is 2.58. The molecule has 1 aliphatic heterocycles. The van der Waals surface area contributed by atoms with Gasteiger partial charge in [0.1, 0.15) is 0 Å². The Hall–Kier alpha value is -1.57. The Morgan fingerprint density at radius 1 is 1.61 bits per heavy atom. The molecule has 5 heteroatoms. The molecule has 0 bridgehead atoms. The van der Waals surface area contributed by atoms with E-state index in [0.717, 1.165) is 0 Å². The maximum absolute atomic E-state index is 12.0. The van der Waals surface area contributed by atoms with Crippen LogP contribution >= 0.6 is 11.6 Å². The number of benzene rings is 1. The second kappa shape index (κ2) is 5.38. The number of carbonyl (C=O) groups excluding carboxylic acids is 1. The minimum absolute atomic E-state index is 0.0806. The molecule has 0 saturated carbocycles. The number of anilines is 1. The van der Waals surface area contributed by atoms with Crippen molar-refractivity contribution in [1.82, 2.24) is 0 Å². The van der Waals surface area contributed by atoms with E-state index in [-0.39, 0.29) is 17.9 Å². The van der Waals surface area contributed by atoms with Crippen molar-refractivity contribution in [3.05, 3.63) is 28.8 Å². The second-order valence-corrected chi connectivity index (χ2v) is 4.67. The molecule has 1 fully saturated rings. The van der Waals surface area contributed by atoms with E-state index in [9.17, 15) is 4.79 Å². The lowest BCUT2D eigenvalue weighted by Crippen LogP contribution is -2.27. The third kappa shape index (κ3) is 2.63. The van der Waals surface area contributed by atoms with E-state index >= 15 is 0 Å². The lowest BCUT2D eigenvalue weighted by atomic mass is 10.0. The zero-order chi connectivity index (χ0) is 13.1. The van der Waals surface area contributed by atoms with Crippen LogP contribution in [0, 0.1) is 17.2 Å². The molecule has 0 aliphatic carbocycles. The van der Waals surface area contributed by atoms with Gasteiger partial charge in [0.15, 0.2) is 0 Å². The highest BCUT2D eigenvalue weighted by atomic mass is 35.5. The Kier molecular flexibility index (Phi) is 3.85. The summed E-state index contributed by atoms with van der Waals surface area (Å²) in [6.07, 6.45) is 0.630. The smallest absolute Gasteiger partial charge is 0.230 e. The molecule has 2 unspecified atom stereocenters. The molecule has 0 aromatic heterocycles. The molecule has 94 valence electrons. The minimum atomic E-state index is -0.160. The van der Waals surface area contributed by atoms with Crippen molar-refractivity contribution in [2.45, 2.75) is 19.4 Å². The zero-order valence-corrected chi connectivity index (χ0v) is 10.7. The minimum Gasteiger partial charge on any atom is -0.378 e. The van der Waals surface area contributed by atoms with E-state index in [1.54, 1.807) is 18.2 Å². The molecule has 4 nitrogen and oxygen atoms in total. The maximum atomic E-state index is 12.0. The Morgan fingerprint density at radius 2 is 2.39 bits per heavy atom. The third-order valence-electron chi connectivity index (χ3n) is 3.07. The van der Waals surface area contributed by atoms with Crippen molar-refractivity contribution in [3.63, 3.8) is 0 Å². The number of nitrogens with zero attached hydrogens (tertiary/aromatic N) is 1. The van der Waals surface area contributed by atoms with Crippen LogP contribution in [0.25, 0.3) is 0 Å². The van der Waals surface area contributed by atoms with Crippen LogP contribution in [0.2, 0.25) is 5.02 Å². The molecule has 1 aromatic rings. The molecule has 2 rings (SSSR count). The van der Waals surface area contributed by atoms with Crippen LogP contribution in [-0.4, -0.2) is 18.6 Å². The van der Waals surface area contributed by atoms with Crippen LogP contribution < -0.4 is 5.32 Å². The van der Waals surface area contributed by atoms with Crippen LogP contribution in [0.1, 0.15) is 18.9 Å². The monoisotopic (exact) mass is 264 g/mol. The lowest BCUT2D eigenvalue weighted by molar-refractivity contribution is -0.121. The highest BCUT2D eigenvalue weighted by Gasteiger charge is 2.30. The van der Waals surface area contributed by atoms with Crippen molar-refractivity contribution in [3.8, 4) is 6.07 Å². The Balaban J connectivity index is 2.14. The Labute approximate surface area is 111 Å². The SMILES string of the molecule is CC1OCCC1C(=O)Nc1cc(C#N)ccc1Cl. The summed E-state index contributed by atoms with van der Waals surface area (Å²) >= 11 is 5.98.